The molecule has 1 unspecified atom stereocenters. The Bertz CT molecular complexity index is 1140. The molecule has 0 aliphatic carbocycles. The smallest absolute Gasteiger partial charge is 0.0809 e. The summed E-state index contributed by atoms with van der Waals surface area (Å²) >= 11 is 2.65. The Morgan fingerprint density at radius 2 is 1.71 bits per heavy atom. The molecule has 34 heavy (non-hydrogen) atoms. The Labute approximate surface area is 218 Å². The maximum Gasteiger partial charge on any atom is 0.0809 e. The molecule has 2 aromatic carbocycles. The summed E-state index contributed by atoms with van der Waals surface area (Å²) in [6.07, 6.45) is 0.962. The number of benzene rings is 2. The van der Waals surface area contributed by atoms with Crippen molar-refractivity contribution in [1.82, 2.24) is 4.90 Å². The van der Waals surface area contributed by atoms with E-state index in [4.69, 9.17) is 14.5 Å². The summed E-state index contributed by atoms with van der Waals surface area (Å²) in [5, 5.41) is 1.17. The number of likely N-dealkylation sites (N-methyl/N-ethyl adjacent to an activating group) is 1. The quantitative estimate of drug-likeness (QED) is 0.313. The fraction of sp³-hybridized carbons (Fsp3) is 0.538. The van der Waals surface area contributed by atoms with Gasteiger partial charge in [-0.1, -0.05) is 14.6 Å². The van der Waals surface area contributed by atoms with Gasteiger partial charge in [0.1, 0.15) is 0 Å². The van der Waals surface area contributed by atoms with E-state index in [1.165, 1.54) is 43.0 Å². The lowest BCUT2D eigenvalue weighted by Gasteiger charge is -2.34. The van der Waals surface area contributed by atoms with Crippen LogP contribution in [0.4, 0.5) is 17.1 Å². The first kappa shape index (κ1) is 25.9. The van der Waals surface area contributed by atoms with E-state index in [-0.39, 0.29) is 7.66 Å². The molecule has 0 radical (unpaired) electrons. The molecular weight excluding hydrogens is 559 g/mol. The van der Waals surface area contributed by atoms with E-state index >= 15 is 0 Å². The van der Waals surface area contributed by atoms with Gasteiger partial charge in [-0.25, -0.2) is 4.99 Å². The zero-order chi connectivity index (χ0) is 24.2. The third-order valence-corrected chi connectivity index (χ3v) is 11.0. The summed E-state index contributed by atoms with van der Waals surface area (Å²) < 4.78 is 12.1. The van der Waals surface area contributed by atoms with Crippen LogP contribution in [0, 0.1) is 11.4 Å². The van der Waals surface area contributed by atoms with Crippen LogP contribution in [0.15, 0.2) is 34.2 Å². The number of fused-ring (bicyclic) bond motifs is 2. The Morgan fingerprint density at radius 1 is 1.03 bits per heavy atom. The molecule has 2 aliphatic heterocycles. The van der Waals surface area contributed by atoms with Gasteiger partial charge in [0, 0.05) is 74.3 Å². The van der Waals surface area contributed by atoms with Crippen LogP contribution in [-0.4, -0.2) is 78.6 Å². The minimum Gasteiger partial charge on any atom is -0.383 e. The molecule has 0 aromatic heterocycles. The van der Waals surface area contributed by atoms with Crippen molar-refractivity contribution in [2.75, 3.05) is 83.5 Å². The molecule has 0 amide bonds. The Morgan fingerprint density at radius 3 is 2.32 bits per heavy atom. The molecule has 0 spiro atoms. The van der Waals surface area contributed by atoms with Gasteiger partial charge in [-0.3, -0.25) is 0 Å². The van der Waals surface area contributed by atoms with Gasteiger partial charge in [0.25, 0.3) is 0 Å². The molecule has 0 N–H and O–H groups in total. The first-order valence-corrected chi connectivity index (χ1v) is 15.8. The Hall–Kier alpha value is -1.20. The summed E-state index contributed by atoms with van der Waals surface area (Å²) in [7, 11) is 5.66. The summed E-state index contributed by atoms with van der Waals surface area (Å²) in [4.78, 5) is 13.9. The number of piperazine rings is 1. The van der Waals surface area contributed by atoms with Gasteiger partial charge in [0.2, 0.25) is 0 Å². The summed E-state index contributed by atoms with van der Waals surface area (Å²) in [5.41, 5.74) is 6.34. The fourth-order valence-corrected chi connectivity index (χ4v) is 8.05. The molecule has 0 bridgehead atoms. The van der Waals surface area contributed by atoms with Gasteiger partial charge >= 0.3 is 0 Å². The monoisotopic (exact) mass is 596 g/mol. The third kappa shape index (κ3) is 5.46. The topological polar surface area (TPSA) is 40.5 Å². The average Bonchev–Trinajstić information content (AvgIpc) is 2.85. The number of aryl methyl sites for hydroxylation is 2. The van der Waals surface area contributed by atoms with E-state index in [0.717, 1.165) is 45.7 Å². The van der Waals surface area contributed by atoms with Crippen molar-refractivity contribution in [1.29, 1.82) is 0 Å². The minimum atomic E-state index is -0.0722. The molecular formula is C26H37IN4O2S. The van der Waals surface area contributed by atoms with Crippen LogP contribution in [-0.2, 0) is 15.9 Å². The Kier molecular flexibility index (Phi) is 8.90. The second kappa shape index (κ2) is 11.7. The van der Waals surface area contributed by atoms with Crippen LogP contribution in [0.25, 0.3) is 0 Å². The summed E-state index contributed by atoms with van der Waals surface area (Å²) in [6.45, 7) is 11.9. The molecule has 8 heteroatoms. The SMILES string of the molecule is CCc1cc(N(CCOC)CCOC)cc2c1N=c1c(C)cc(N3CCN(C)CC3)cc1=S2I. The second-order valence-electron chi connectivity index (χ2n) is 9.05. The summed E-state index contributed by atoms with van der Waals surface area (Å²) in [6, 6.07) is 9.42. The van der Waals surface area contributed by atoms with Gasteiger partial charge in [0.05, 0.1) is 24.3 Å². The van der Waals surface area contributed by atoms with E-state index in [1.807, 2.05) is 0 Å². The summed E-state index contributed by atoms with van der Waals surface area (Å²) in [5.74, 6) is 0. The maximum atomic E-state index is 5.39. The zero-order valence-corrected chi connectivity index (χ0v) is 24.0. The first-order chi connectivity index (χ1) is 16.5. The van der Waals surface area contributed by atoms with Crippen molar-refractivity contribution in [2.45, 2.75) is 25.2 Å². The van der Waals surface area contributed by atoms with Crippen molar-refractivity contribution in [2.24, 2.45) is 4.99 Å². The predicted molar refractivity (Wildman–Crippen MR) is 152 cm³/mol. The highest BCUT2D eigenvalue weighted by Crippen LogP contribution is 2.48. The molecule has 0 saturated carbocycles. The number of hydrogen-bond donors (Lipinski definition) is 0. The van der Waals surface area contributed by atoms with Crippen LogP contribution in [0.2, 0.25) is 0 Å². The first-order valence-electron chi connectivity index (χ1n) is 12.1. The van der Waals surface area contributed by atoms with Crippen LogP contribution < -0.4 is 15.2 Å². The normalized spacial score (nSPS) is 17.8. The molecule has 2 heterocycles. The molecule has 186 valence electrons. The second-order valence-corrected chi connectivity index (χ2v) is 13.1. The van der Waals surface area contributed by atoms with E-state index < -0.39 is 0 Å². The van der Waals surface area contributed by atoms with E-state index in [9.17, 15) is 0 Å². The molecule has 1 fully saturated rings. The van der Waals surface area contributed by atoms with Crippen molar-refractivity contribution in [3.8, 4) is 0 Å². The number of rotatable bonds is 9. The largest absolute Gasteiger partial charge is 0.383 e. The van der Waals surface area contributed by atoms with Crippen LogP contribution in [0.3, 0.4) is 0 Å². The molecule has 1 saturated heterocycles. The molecule has 2 aliphatic rings. The van der Waals surface area contributed by atoms with Gasteiger partial charge in [-0.2, -0.15) is 0 Å². The lowest BCUT2D eigenvalue weighted by Crippen LogP contribution is -2.44. The van der Waals surface area contributed by atoms with Crippen molar-refractivity contribution < 1.29 is 9.47 Å². The number of hydrogen-bond acceptors (Lipinski definition) is 6. The molecule has 2 aromatic rings. The average molecular weight is 597 g/mol. The van der Waals surface area contributed by atoms with E-state index in [0.29, 0.717) is 13.2 Å². The molecule has 4 rings (SSSR count). The van der Waals surface area contributed by atoms with E-state index in [2.05, 4.69) is 81.1 Å². The maximum absolute atomic E-state index is 5.39. The van der Waals surface area contributed by atoms with Gasteiger partial charge in [0.15, 0.2) is 0 Å². The highest BCUT2D eigenvalue weighted by atomic mass is 127. The third-order valence-electron chi connectivity index (χ3n) is 6.74. The number of ether oxygens (including phenoxy) is 2. The highest BCUT2D eigenvalue weighted by molar-refractivity contribution is 14.2. The van der Waals surface area contributed by atoms with Crippen LogP contribution in [0.5, 0.6) is 0 Å². The number of nitrogens with zero attached hydrogens (tertiary/aromatic N) is 4. The predicted octanol–water partition coefficient (Wildman–Crippen LogP) is 4.60. The van der Waals surface area contributed by atoms with Crippen molar-refractivity contribution in [3.05, 3.63) is 45.3 Å². The standard InChI is InChI=1S/C26H37IN4O2S/c1-6-20-16-22(31(11-13-32-4)12-14-33-5)18-24-26(20)28-25-19(2)15-21(17-23(25)34(24)27)30-9-7-29(3)8-10-30/h15-18H,6-14H2,1-5H3. The lowest BCUT2D eigenvalue weighted by molar-refractivity contribution is 0.190. The van der Waals surface area contributed by atoms with Gasteiger partial charge in [-0.15, -0.1) is 0 Å². The Balaban J connectivity index is 1.81. The highest BCUT2D eigenvalue weighted by Gasteiger charge is 2.21. The van der Waals surface area contributed by atoms with Crippen LogP contribution >= 0.6 is 28.9 Å². The number of methoxy groups -OCH3 is 2. The number of anilines is 2. The lowest BCUT2D eigenvalue weighted by atomic mass is 10.1. The molecule has 1 atom stereocenters. The van der Waals surface area contributed by atoms with Crippen LogP contribution in [0.1, 0.15) is 18.1 Å². The van der Waals surface area contributed by atoms with Gasteiger partial charge in [-0.05, 0) is 77.0 Å². The number of halogens is 1. The van der Waals surface area contributed by atoms with E-state index in [1.54, 1.807) is 14.2 Å². The van der Waals surface area contributed by atoms with Gasteiger partial charge < -0.3 is 24.2 Å². The fourth-order valence-electron chi connectivity index (χ4n) is 4.62. The minimum absolute atomic E-state index is 0.0722. The molecule has 6 nitrogen and oxygen atoms in total. The zero-order valence-electron chi connectivity index (χ0n) is 21.1. The van der Waals surface area contributed by atoms with Crippen molar-refractivity contribution >= 4 is 45.9 Å². The van der Waals surface area contributed by atoms with Crippen molar-refractivity contribution in [3.63, 3.8) is 0 Å².